The number of nitrogens with one attached hydrogen (secondary N) is 1. The van der Waals surface area contributed by atoms with Crippen LogP contribution < -0.4 is 10.1 Å². The van der Waals surface area contributed by atoms with Crippen molar-refractivity contribution in [1.82, 2.24) is 10.2 Å². The van der Waals surface area contributed by atoms with Crippen molar-refractivity contribution in [3.05, 3.63) is 40.9 Å². The van der Waals surface area contributed by atoms with Crippen molar-refractivity contribution < 1.29 is 9.53 Å². The second-order valence-electron chi connectivity index (χ2n) is 4.37. The number of amides is 1. The number of carbonyl (C=O) groups is 1. The van der Waals surface area contributed by atoms with Gasteiger partial charge in [0.15, 0.2) is 0 Å². The van der Waals surface area contributed by atoms with Gasteiger partial charge in [-0.15, -0.1) is 10.2 Å². The Morgan fingerprint density at radius 1 is 1.33 bits per heavy atom. The number of anilines is 1. The number of hydrogen-bond acceptors (Lipinski definition) is 5. The van der Waals surface area contributed by atoms with E-state index in [2.05, 4.69) is 22.4 Å². The first-order chi connectivity index (χ1) is 10.2. The van der Waals surface area contributed by atoms with E-state index in [-0.39, 0.29) is 5.91 Å². The zero-order valence-corrected chi connectivity index (χ0v) is 12.8. The van der Waals surface area contributed by atoms with E-state index in [0.29, 0.717) is 11.7 Å². The summed E-state index contributed by atoms with van der Waals surface area (Å²) < 4.78 is 5.50. The van der Waals surface area contributed by atoms with Crippen LogP contribution in [0.1, 0.15) is 23.9 Å². The Labute approximate surface area is 127 Å². The van der Waals surface area contributed by atoms with Crippen molar-refractivity contribution in [3.8, 4) is 5.75 Å². The van der Waals surface area contributed by atoms with Crippen LogP contribution in [0.25, 0.3) is 6.08 Å². The molecule has 0 aliphatic rings. The molecule has 21 heavy (non-hydrogen) atoms. The van der Waals surface area contributed by atoms with E-state index in [0.717, 1.165) is 22.7 Å². The third kappa shape index (κ3) is 5.00. The van der Waals surface area contributed by atoms with Gasteiger partial charge in [-0.05, 0) is 37.1 Å². The van der Waals surface area contributed by atoms with E-state index in [1.54, 1.807) is 6.08 Å². The molecular formula is C15H17N3O2S. The number of ether oxygens (including phenoxy) is 1. The van der Waals surface area contributed by atoms with Gasteiger partial charge in [-0.25, -0.2) is 0 Å². The van der Waals surface area contributed by atoms with Crippen molar-refractivity contribution in [2.45, 2.75) is 20.3 Å². The third-order valence-electron chi connectivity index (χ3n) is 2.54. The van der Waals surface area contributed by atoms with Crippen molar-refractivity contribution in [2.75, 3.05) is 11.9 Å². The number of carbonyl (C=O) groups excluding carboxylic acids is 1. The average molecular weight is 303 g/mol. The van der Waals surface area contributed by atoms with Crippen LogP contribution in [0, 0.1) is 6.92 Å². The molecule has 0 fully saturated rings. The largest absolute Gasteiger partial charge is 0.494 e. The quantitative estimate of drug-likeness (QED) is 0.832. The van der Waals surface area contributed by atoms with Gasteiger partial charge in [-0.1, -0.05) is 30.4 Å². The summed E-state index contributed by atoms with van der Waals surface area (Å²) in [7, 11) is 0. The molecule has 1 N–H and O–H groups in total. The Balaban J connectivity index is 1.89. The maximum Gasteiger partial charge on any atom is 0.250 e. The first-order valence-electron chi connectivity index (χ1n) is 6.69. The molecule has 0 saturated carbocycles. The first-order valence-corrected chi connectivity index (χ1v) is 7.51. The summed E-state index contributed by atoms with van der Waals surface area (Å²) in [5, 5.41) is 11.7. The summed E-state index contributed by atoms with van der Waals surface area (Å²) in [6, 6.07) is 7.59. The number of benzene rings is 1. The molecule has 0 bridgehead atoms. The lowest BCUT2D eigenvalue weighted by molar-refractivity contribution is -0.111. The second kappa shape index (κ2) is 7.54. The molecule has 0 atom stereocenters. The normalized spacial score (nSPS) is 10.8. The van der Waals surface area contributed by atoms with Crippen LogP contribution in [0.5, 0.6) is 5.75 Å². The lowest BCUT2D eigenvalue weighted by Crippen LogP contribution is -2.07. The fraction of sp³-hybridized carbons (Fsp3) is 0.267. The molecule has 0 aliphatic carbocycles. The molecule has 0 unspecified atom stereocenters. The molecule has 1 aromatic carbocycles. The Hall–Kier alpha value is -2.21. The first kappa shape index (κ1) is 15.2. The number of nitrogens with zero attached hydrogens (tertiary/aromatic N) is 2. The Bertz CT molecular complexity index is 620. The summed E-state index contributed by atoms with van der Waals surface area (Å²) in [6.45, 7) is 4.61. The summed E-state index contributed by atoms with van der Waals surface area (Å²) >= 11 is 1.34. The van der Waals surface area contributed by atoms with Crippen molar-refractivity contribution in [1.29, 1.82) is 0 Å². The van der Waals surface area contributed by atoms with Gasteiger partial charge in [0.05, 0.1) is 6.61 Å². The minimum atomic E-state index is -0.225. The highest BCUT2D eigenvalue weighted by molar-refractivity contribution is 7.15. The van der Waals surface area contributed by atoms with E-state index < -0.39 is 0 Å². The summed E-state index contributed by atoms with van der Waals surface area (Å²) in [4.78, 5) is 11.7. The predicted molar refractivity (Wildman–Crippen MR) is 84.5 cm³/mol. The van der Waals surface area contributed by atoms with Crippen LogP contribution >= 0.6 is 11.3 Å². The van der Waals surface area contributed by atoms with E-state index in [1.807, 2.05) is 31.2 Å². The molecule has 2 rings (SSSR count). The van der Waals surface area contributed by atoms with Gasteiger partial charge in [0.1, 0.15) is 10.8 Å². The molecule has 6 heteroatoms. The topological polar surface area (TPSA) is 64.1 Å². The maximum atomic E-state index is 11.7. The van der Waals surface area contributed by atoms with E-state index in [4.69, 9.17) is 4.74 Å². The monoisotopic (exact) mass is 303 g/mol. The van der Waals surface area contributed by atoms with E-state index in [1.165, 1.54) is 17.4 Å². The minimum absolute atomic E-state index is 0.225. The highest BCUT2D eigenvalue weighted by Crippen LogP contribution is 2.15. The van der Waals surface area contributed by atoms with Crippen LogP contribution in [0.15, 0.2) is 30.3 Å². The Morgan fingerprint density at radius 3 is 2.71 bits per heavy atom. The van der Waals surface area contributed by atoms with Gasteiger partial charge in [0.2, 0.25) is 11.0 Å². The van der Waals surface area contributed by atoms with E-state index >= 15 is 0 Å². The maximum absolute atomic E-state index is 11.7. The van der Waals surface area contributed by atoms with Gasteiger partial charge in [0.25, 0.3) is 0 Å². The fourth-order valence-electron chi connectivity index (χ4n) is 1.56. The summed E-state index contributed by atoms with van der Waals surface area (Å²) in [5.74, 6) is 0.611. The molecule has 0 saturated heterocycles. The van der Waals surface area contributed by atoms with Crippen LogP contribution in [-0.4, -0.2) is 22.7 Å². The molecule has 0 radical (unpaired) electrons. The van der Waals surface area contributed by atoms with Gasteiger partial charge in [-0.2, -0.15) is 0 Å². The van der Waals surface area contributed by atoms with Crippen LogP contribution in [0.4, 0.5) is 5.13 Å². The average Bonchev–Trinajstić information content (AvgIpc) is 2.89. The number of hydrogen-bond donors (Lipinski definition) is 1. The highest BCUT2D eigenvalue weighted by Gasteiger charge is 2.02. The second-order valence-corrected chi connectivity index (χ2v) is 5.55. The lowest BCUT2D eigenvalue weighted by Gasteiger charge is -2.03. The van der Waals surface area contributed by atoms with Gasteiger partial charge < -0.3 is 4.74 Å². The number of aromatic nitrogens is 2. The van der Waals surface area contributed by atoms with Crippen LogP contribution in [0.2, 0.25) is 0 Å². The molecule has 1 aromatic heterocycles. The van der Waals surface area contributed by atoms with Gasteiger partial charge in [-0.3, -0.25) is 10.1 Å². The highest BCUT2D eigenvalue weighted by atomic mass is 32.1. The van der Waals surface area contributed by atoms with Crippen LogP contribution in [0.3, 0.4) is 0 Å². The third-order valence-corrected chi connectivity index (χ3v) is 3.29. The Morgan fingerprint density at radius 2 is 2.10 bits per heavy atom. The summed E-state index contributed by atoms with van der Waals surface area (Å²) in [6.07, 6.45) is 4.19. The van der Waals surface area contributed by atoms with E-state index in [9.17, 15) is 4.79 Å². The zero-order valence-electron chi connectivity index (χ0n) is 12.0. The summed E-state index contributed by atoms with van der Waals surface area (Å²) in [5.41, 5.74) is 0.933. The number of aryl methyl sites for hydroxylation is 1. The SMILES string of the molecule is CCCOc1ccc(C=CC(=O)Nc2nnc(C)s2)cc1. The number of rotatable bonds is 6. The molecule has 0 aliphatic heterocycles. The minimum Gasteiger partial charge on any atom is -0.494 e. The van der Waals surface area contributed by atoms with Gasteiger partial charge >= 0.3 is 0 Å². The fourth-order valence-corrected chi connectivity index (χ4v) is 2.16. The molecule has 2 aromatic rings. The van der Waals surface area contributed by atoms with Crippen molar-refractivity contribution in [3.63, 3.8) is 0 Å². The molecular weight excluding hydrogens is 286 g/mol. The molecule has 110 valence electrons. The predicted octanol–water partition coefficient (Wildman–Crippen LogP) is 3.29. The smallest absolute Gasteiger partial charge is 0.250 e. The molecule has 1 heterocycles. The Kier molecular flexibility index (Phi) is 5.45. The zero-order chi connectivity index (χ0) is 15.1. The standard InChI is InChI=1S/C15H17N3O2S/c1-3-10-20-13-7-4-12(5-8-13)6-9-14(19)16-15-18-17-11(2)21-15/h4-9H,3,10H2,1-2H3,(H,16,18,19). The lowest BCUT2D eigenvalue weighted by atomic mass is 10.2. The molecule has 5 nitrogen and oxygen atoms in total. The van der Waals surface area contributed by atoms with Crippen molar-refractivity contribution >= 4 is 28.5 Å². The molecule has 0 spiro atoms. The van der Waals surface area contributed by atoms with Crippen molar-refractivity contribution in [2.24, 2.45) is 0 Å². The van der Waals surface area contributed by atoms with Crippen LogP contribution in [-0.2, 0) is 4.79 Å². The van der Waals surface area contributed by atoms with Gasteiger partial charge in [0, 0.05) is 6.08 Å². The molecule has 1 amide bonds.